The van der Waals surface area contributed by atoms with Gasteiger partial charge >= 0.3 is 0 Å². The summed E-state index contributed by atoms with van der Waals surface area (Å²) in [5.74, 6) is -0.204. The Morgan fingerprint density at radius 1 is 0.900 bits per heavy atom. The zero-order chi connectivity index (χ0) is 29.3. The Morgan fingerprint density at radius 3 is 2.12 bits per heavy atom. The van der Waals surface area contributed by atoms with Gasteiger partial charge in [-0.2, -0.15) is 0 Å². The van der Waals surface area contributed by atoms with E-state index in [1.807, 2.05) is 52.0 Å². The van der Waals surface area contributed by atoms with Crippen LogP contribution in [0.25, 0.3) is 0 Å². The Labute approximate surface area is 238 Å². The van der Waals surface area contributed by atoms with E-state index in [0.717, 1.165) is 21.9 Å². The summed E-state index contributed by atoms with van der Waals surface area (Å²) in [5.41, 5.74) is 2.15. The first-order valence-corrected chi connectivity index (χ1v) is 15.0. The lowest BCUT2D eigenvalue weighted by molar-refractivity contribution is -0.139. The molecule has 0 aromatic heterocycles. The molecule has 8 nitrogen and oxygen atoms in total. The van der Waals surface area contributed by atoms with E-state index in [4.69, 9.17) is 4.74 Å². The highest BCUT2D eigenvalue weighted by Gasteiger charge is 2.33. The van der Waals surface area contributed by atoms with E-state index in [0.29, 0.717) is 18.0 Å². The molecule has 9 heteroatoms. The van der Waals surface area contributed by atoms with Gasteiger partial charge < -0.3 is 15.0 Å². The highest BCUT2D eigenvalue weighted by atomic mass is 32.2. The number of nitrogens with one attached hydrogen (secondary N) is 1. The number of rotatable bonds is 13. The van der Waals surface area contributed by atoms with Gasteiger partial charge in [-0.1, -0.05) is 49.4 Å². The van der Waals surface area contributed by atoms with E-state index in [1.54, 1.807) is 49.4 Å². The van der Waals surface area contributed by atoms with E-state index >= 15 is 0 Å². The minimum Gasteiger partial charge on any atom is -0.494 e. The largest absolute Gasteiger partial charge is 0.494 e. The maximum absolute atomic E-state index is 14.0. The Hall–Kier alpha value is -3.85. The van der Waals surface area contributed by atoms with Crippen molar-refractivity contribution in [2.45, 2.75) is 64.6 Å². The second-order valence-corrected chi connectivity index (χ2v) is 11.6. The van der Waals surface area contributed by atoms with Gasteiger partial charge in [0.15, 0.2) is 0 Å². The predicted molar refractivity (Wildman–Crippen MR) is 158 cm³/mol. The fourth-order valence-electron chi connectivity index (χ4n) is 4.14. The zero-order valence-corrected chi connectivity index (χ0v) is 24.6. The van der Waals surface area contributed by atoms with Crippen molar-refractivity contribution < 1.29 is 22.7 Å². The minimum atomic E-state index is -4.11. The second kappa shape index (κ2) is 14.0. The van der Waals surface area contributed by atoms with E-state index in [-0.39, 0.29) is 23.4 Å². The molecule has 0 saturated carbocycles. The lowest BCUT2D eigenvalue weighted by Crippen LogP contribution is -2.52. The quantitative estimate of drug-likeness (QED) is 0.317. The number of ether oxygens (including phenoxy) is 1. The zero-order valence-electron chi connectivity index (χ0n) is 23.8. The third-order valence-corrected chi connectivity index (χ3v) is 8.60. The average Bonchev–Trinajstić information content (AvgIpc) is 2.96. The number of carbonyl (C=O) groups is 2. The van der Waals surface area contributed by atoms with Crippen LogP contribution in [0.15, 0.2) is 83.8 Å². The molecule has 214 valence electrons. The summed E-state index contributed by atoms with van der Waals surface area (Å²) in [6.07, 6.45) is 0.741. The molecule has 0 bridgehead atoms. The summed E-state index contributed by atoms with van der Waals surface area (Å²) in [7, 11) is -4.11. The fraction of sp³-hybridized carbons (Fsp3) is 0.355. The van der Waals surface area contributed by atoms with Gasteiger partial charge in [-0.25, -0.2) is 8.42 Å². The van der Waals surface area contributed by atoms with Crippen molar-refractivity contribution in [3.05, 3.63) is 90.0 Å². The summed E-state index contributed by atoms with van der Waals surface area (Å²) >= 11 is 0. The number of benzene rings is 3. The monoisotopic (exact) mass is 565 g/mol. The topological polar surface area (TPSA) is 96.0 Å². The second-order valence-electron chi connectivity index (χ2n) is 9.69. The maximum Gasteiger partial charge on any atom is 0.264 e. The van der Waals surface area contributed by atoms with Crippen LogP contribution >= 0.6 is 0 Å². The first kappa shape index (κ1) is 30.7. The molecule has 0 radical (unpaired) electrons. The Balaban J connectivity index is 2.02. The molecule has 1 N–H and O–H groups in total. The standard InChI is InChI=1S/C31H39N3O5S/c1-6-24(4)32-31(36)25(5)33(21-26-14-12-11-13-23(26)3)30(35)22-34(27-17-19-28(20-18-27)39-7-2)40(37,38)29-15-9-8-10-16-29/h8-20,24-25H,6-7,21-22H2,1-5H3,(H,32,36)/t24-,25-/m0/s1. The molecule has 0 unspecified atom stereocenters. The van der Waals surface area contributed by atoms with E-state index < -0.39 is 28.5 Å². The molecular formula is C31H39N3O5S. The van der Waals surface area contributed by atoms with Gasteiger partial charge in [0, 0.05) is 12.6 Å². The molecule has 0 aliphatic heterocycles. The molecule has 3 aromatic rings. The van der Waals surface area contributed by atoms with Crippen LogP contribution in [0, 0.1) is 6.92 Å². The van der Waals surface area contributed by atoms with Crippen molar-refractivity contribution in [2.75, 3.05) is 17.5 Å². The summed E-state index contributed by atoms with van der Waals surface area (Å²) < 4.78 is 34.3. The average molecular weight is 566 g/mol. The van der Waals surface area contributed by atoms with Crippen molar-refractivity contribution in [3.63, 3.8) is 0 Å². The van der Waals surface area contributed by atoms with Gasteiger partial charge in [-0.15, -0.1) is 0 Å². The molecule has 0 fully saturated rings. The Bertz CT molecular complexity index is 1380. The van der Waals surface area contributed by atoms with Crippen molar-refractivity contribution in [1.82, 2.24) is 10.2 Å². The van der Waals surface area contributed by atoms with Crippen LogP contribution in [-0.2, 0) is 26.2 Å². The smallest absolute Gasteiger partial charge is 0.264 e. The molecule has 0 aliphatic carbocycles. The molecule has 3 rings (SSSR count). The van der Waals surface area contributed by atoms with Crippen LogP contribution in [-0.4, -0.2) is 50.4 Å². The lowest BCUT2D eigenvalue weighted by atomic mass is 10.1. The molecular weight excluding hydrogens is 526 g/mol. The summed E-state index contributed by atoms with van der Waals surface area (Å²) in [6, 6.07) is 21.3. The van der Waals surface area contributed by atoms with Crippen molar-refractivity contribution >= 4 is 27.5 Å². The van der Waals surface area contributed by atoms with E-state index in [2.05, 4.69) is 5.32 Å². The number of hydrogen-bond acceptors (Lipinski definition) is 5. The highest BCUT2D eigenvalue weighted by Crippen LogP contribution is 2.27. The SMILES string of the molecule is CCOc1ccc(N(CC(=O)N(Cc2ccccc2C)[C@@H](C)C(=O)N[C@@H](C)CC)S(=O)(=O)c2ccccc2)cc1. The number of sulfonamides is 1. The number of aryl methyl sites for hydroxylation is 1. The summed E-state index contributed by atoms with van der Waals surface area (Å²) in [6.45, 7) is 9.47. The van der Waals surface area contributed by atoms with Gasteiger partial charge in [0.25, 0.3) is 10.0 Å². The summed E-state index contributed by atoms with van der Waals surface area (Å²) in [5, 5.41) is 2.95. The number of carbonyl (C=O) groups excluding carboxylic acids is 2. The minimum absolute atomic E-state index is 0.0599. The van der Waals surface area contributed by atoms with Gasteiger partial charge in [0.1, 0.15) is 18.3 Å². The van der Waals surface area contributed by atoms with E-state index in [1.165, 1.54) is 17.0 Å². The molecule has 3 aromatic carbocycles. The maximum atomic E-state index is 14.0. The third kappa shape index (κ3) is 7.63. The lowest BCUT2D eigenvalue weighted by Gasteiger charge is -2.32. The molecule has 2 amide bonds. The van der Waals surface area contributed by atoms with Crippen LogP contribution in [0.1, 0.15) is 45.2 Å². The third-order valence-electron chi connectivity index (χ3n) is 6.82. The number of amides is 2. The molecule has 0 saturated heterocycles. The van der Waals surface area contributed by atoms with Crippen molar-refractivity contribution in [1.29, 1.82) is 0 Å². The fourth-order valence-corrected chi connectivity index (χ4v) is 5.58. The molecule has 0 heterocycles. The van der Waals surface area contributed by atoms with Gasteiger partial charge in [0.2, 0.25) is 11.8 Å². The normalized spacial score (nSPS) is 12.7. The Kier molecular flexibility index (Phi) is 10.7. The van der Waals surface area contributed by atoms with Crippen LogP contribution in [0.4, 0.5) is 5.69 Å². The van der Waals surface area contributed by atoms with E-state index in [9.17, 15) is 18.0 Å². The highest BCUT2D eigenvalue weighted by molar-refractivity contribution is 7.92. The number of anilines is 1. The molecule has 0 spiro atoms. The Morgan fingerprint density at radius 2 is 1.52 bits per heavy atom. The van der Waals surface area contributed by atoms with Crippen LogP contribution in [0.3, 0.4) is 0 Å². The van der Waals surface area contributed by atoms with Crippen LogP contribution in [0.5, 0.6) is 5.75 Å². The number of hydrogen-bond donors (Lipinski definition) is 1. The summed E-state index contributed by atoms with van der Waals surface area (Å²) in [4.78, 5) is 28.7. The molecule has 40 heavy (non-hydrogen) atoms. The predicted octanol–water partition coefficient (Wildman–Crippen LogP) is 4.92. The first-order chi connectivity index (χ1) is 19.1. The van der Waals surface area contributed by atoms with Gasteiger partial charge in [-0.05, 0) is 81.6 Å². The van der Waals surface area contributed by atoms with Crippen LogP contribution < -0.4 is 14.4 Å². The van der Waals surface area contributed by atoms with Crippen molar-refractivity contribution in [3.8, 4) is 5.75 Å². The number of nitrogens with zero attached hydrogens (tertiary/aromatic N) is 2. The first-order valence-electron chi connectivity index (χ1n) is 13.5. The van der Waals surface area contributed by atoms with Crippen molar-refractivity contribution in [2.24, 2.45) is 0 Å². The van der Waals surface area contributed by atoms with Gasteiger partial charge in [0.05, 0.1) is 17.2 Å². The molecule has 2 atom stereocenters. The van der Waals surface area contributed by atoms with Gasteiger partial charge in [-0.3, -0.25) is 13.9 Å². The van der Waals surface area contributed by atoms with Crippen LogP contribution in [0.2, 0.25) is 0 Å². The molecule has 0 aliphatic rings.